The van der Waals surface area contributed by atoms with Gasteiger partial charge < -0.3 is 20.3 Å². The smallest absolute Gasteiger partial charge is 0.319 e. The number of hydrogen-bond donors (Lipinski definition) is 2. The van der Waals surface area contributed by atoms with Crippen LogP contribution in [-0.2, 0) is 4.74 Å². The first-order valence-electron chi connectivity index (χ1n) is 10.4. The Morgan fingerprint density at radius 3 is 2.46 bits per heavy atom. The summed E-state index contributed by atoms with van der Waals surface area (Å²) in [6.45, 7) is 8.99. The van der Waals surface area contributed by atoms with Crippen molar-refractivity contribution in [3.63, 3.8) is 0 Å². The van der Waals surface area contributed by atoms with E-state index in [9.17, 15) is 9.59 Å². The van der Waals surface area contributed by atoms with Crippen LogP contribution in [-0.4, -0.2) is 49.2 Å². The van der Waals surface area contributed by atoms with Crippen LogP contribution in [0.4, 0.5) is 10.5 Å². The molecule has 2 atom stereocenters. The van der Waals surface area contributed by atoms with Gasteiger partial charge in [-0.2, -0.15) is 0 Å². The van der Waals surface area contributed by atoms with Gasteiger partial charge in [-0.05, 0) is 36.3 Å². The highest BCUT2D eigenvalue weighted by atomic mass is 16.5. The molecule has 1 aliphatic carbocycles. The molecule has 1 aromatic rings. The number of amides is 3. The van der Waals surface area contributed by atoms with E-state index in [1.54, 1.807) is 17.0 Å². The topological polar surface area (TPSA) is 70.7 Å². The third kappa shape index (κ3) is 5.04. The summed E-state index contributed by atoms with van der Waals surface area (Å²) in [5.41, 5.74) is 1.23. The molecule has 28 heavy (non-hydrogen) atoms. The molecule has 2 fully saturated rings. The van der Waals surface area contributed by atoms with Crippen LogP contribution in [0.3, 0.4) is 0 Å². The van der Waals surface area contributed by atoms with Crippen LogP contribution < -0.4 is 10.6 Å². The minimum Gasteiger partial charge on any atom is -0.378 e. The number of urea groups is 1. The third-order valence-electron chi connectivity index (χ3n) is 5.90. The predicted octanol–water partition coefficient (Wildman–Crippen LogP) is 3.89. The molecule has 0 radical (unpaired) electrons. The zero-order valence-corrected chi connectivity index (χ0v) is 17.3. The Bertz CT molecular complexity index is 693. The fourth-order valence-electron chi connectivity index (χ4n) is 4.38. The van der Waals surface area contributed by atoms with E-state index in [-0.39, 0.29) is 23.4 Å². The van der Waals surface area contributed by atoms with Crippen molar-refractivity contribution in [1.82, 2.24) is 10.2 Å². The van der Waals surface area contributed by atoms with E-state index in [0.717, 1.165) is 19.3 Å². The Balaban J connectivity index is 1.68. The molecule has 0 aromatic heterocycles. The van der Waals surface area contributed by atoms with Crippen LogP contribution in [0.1, 0.15) is 56.8 Å². The molecule has 0 bridgehead atoms. The van der Waals surface area contributed by atoms with Crippen LogP contribution in [0.5, 0.6) is 0 Å². The maximum atomic E-state index is 12.9. The van der Waals surface area contributed by atoms with Crippen molar-refractivity contribution in [3.05, 3.63) is 29.8 Å². The molecule has 6 nitrogen and oxygen atoms in total. The molecule has 154 valence electrons. The van der Waals surface area contributed by atoms with E-state index in [0.29, 0.717) is 43.5 Å². The molecule has 1 saturated heterocycles. The van der Waals surface area contributed by atoms with Gasteiger partial charge in [0, 0.05) is 19.1 Å². The Hall–Kier alpha value is -2.08. The van der Waals surface area contributed by atoms with Crippen LogP contribution in [0.2, 0.25) is 0 Å². The summed E-state index contributed by atoms with van der Waals surface area (Å²) in [6.07, 6.45) is 4.51. The van der Waals surface area contributed by atoms with Gasteiger partial charge in [0.15, 0.2) is 0 Å². The lowest BCUT2D eigenvalue weighted by atomic mass is 9.69. The van der Waals surface area contributed by atoms with Gasteiger partial charge in [-0.1, -0.05) is 45.7 Å². The first-order valence-corrected chi connectivity index (χ1v) is 10.4. The molecule has 2 unspecified atom stereocenters. The number of rotatable bonds is 3. The molecule has 1 aromatic carbocycles. The number of morpholine rings is 1. The van der Waals surface area contributed by atoms with Gasteiger partial charge in [-0.3, -0.25) is 4.79 Å². The third-order valence-corrected chi connectivity index (χ3v) is 5.90. The molecule has 3 amide bonds. The Morgan fingerprint density at radius 2 is 1.75 bits per heavy atom. The van der Waals surface area contributed by atoms with E-state index in [1.807, 2.05) is 12.1 Å². The highest BCUT2D eigenvalue weighted by Gasteiger charge is 2.35. The average Bonchev–Trinajstić information content (AvgIpc) is 2.68. The first-order chi connectivity index (χ1) is 13.4. The van der Waals surface area contributed by atoms with Gasteiger partial charge in [0.2, 0.25) is 0 Å². The fraction of sp³-hybridized carbons (Fsp3) is 0.636. The summed E-state index contributed by atoms with van der Waals surface area (Å²) in [7, 11) is 0. The Kier molecular flexibility index (Phi) is 6.60. The van der Waals surface area contributed by atoms with E-state index in [1.165, 1.54) is 6.42 Å². The summed E-state index contributed by atoms with van der Waals surface area (Å²) in [5.74, 6) is 0.390. The van der Waals surface area contributed by atoms with E-state index < -0.39 is 0 Å². The van der Waals surface area contributed by atoms with Crippen molar-refractivity contribution in [2.24, 2.45) is 11.3 Å². The molecule has 1 saturated carbocycles. The second-order valence-corrected chi connectivity index (χ2v) is 8.91. The average molecular weight is 388 g/mol. The molecule has 1 heterocycles. The van der Waals surface area contributed by atoms with Crippen LogP contribution in [0, 0.1) is 11.3 Å². The predicted molar refractivity (Wildman–Crippen MR) is 111 cm³/mol. The number of nitrogens with zero attached hydrogens (tertiary/aromatic N) is 1. The quantitative estimate of drug-likeness (QED) is 0.827. The fourth-order valence-corrected chi connectivity index (χ4v) is 4.38. The lowest BCUT2D eigenvalue weighted by Gasteiger charge is -2.40. The Labute approximate surface area is 168 Å². The standard InChI is InChI=1S/C22H33N3O3/c1-22(2,3)17-9-5-7-11-19(17)24-21(27)23-18-10-6-4-8-16(18)20(26)25-12-14-28-15-13-25/h4,6,8,10,17,19H,5,7,9,11-15H2,1-3H3,(H2,23,24,27). The van der Waals surface area contributed by atoms with E-state index >= 15 is 0 Å². The highest BCUT2D eigenvalue weighted by Crippen LogP contribution is 2.38. The first kappa shape index (κ1) is 20.6. The maximum Gasteiger partial charge on any atom is 0.319 e. The number of hydrogen-bond acceptors (Lipinski definition) is 3. The number of benzene rings is 1. The number of carbonyl (C=O) groups is 2. The van der Waals surface area contributed by atoms with Crippen LogP contribution in [0.15, 0.2) is 24.3 Å². The lowest BCUT2D eigenvalue weighted by molar-refractivity contribution is 0.0303. The van der Waals surface area contributed by atoms with Crippen molar-refractivity contribution in [2.45, 2.75) is 52.5 Å². The normalized spacial score (nSPS) is 23.2. The van der Waals surface area contributed by atoms with Crippen molar-refractivity contribution in [1.29, 1.82) is 0 Å². The molecule has 3 rings (SSSR count). The zero-order valence-electron chi connectivity index (χ0n) is 17.3. The monoisotopic (exact) mass is 387 g/mol. The van der Waals surface area contributed by atoms with E-state index in [4.69, 9.17) is 4.74 Å². The molecule has 2 aliphatic rings. The van der Waals surface area contributed by atoms with Gasteiger partial charge in [-0.15, -0.1) is 0 Å². The molecular formula is C22H33N3O3. The number of para-hydroxylation sites is 1. The van der Waals surface area contributed by atoms with Crippen LogP contribution in [0.25, 0.3) is 0 Å². The molecule has 2 N–H and O–H groups in total. The Morgan fingerprint density at radius 1 is 1.07 bits per heavy atom. The maximum absolute atomic E-state index is 12.9. The van der Waals surface area contributed by atoms with Crippen molar-refractivity contribution < 1.29 is 14.3 Å². The number of carbonyl (C=O) groups excluding carboxylic acids is 2. The van der Waals surface area contributed by atoms with Crippen molar-refractivity contribution in [3.8, 4) is 0 Å². The van der Waals surface area contributed by atoms with Crippen molar-refractivity contribution in [2.75, 3.05) is 31.6 Å². The van der Waals surface area contributed by atoms with Gasteiger partial charge in [-0.25, -0.2) is 4.79 Å². The van der Waals surface area contributed by atoms with Gasteiger partial charge in [0.1, 0.15) is 0 Å². The summed E-state index contributed by atoms with van der Waals surface area (Å²) in [5, 5.41) is 6.10. The summed E-state index contributed by atoms with van der Waals surface area (Å²) >= 11 is 0. The molecule has 1 aliphatic heterocycles. The summed E-state index contributed by atoms with van der Waals surface area (Å²) in [6, 6.07) is 7.15. The molecular weight excluding hydrogens is 354 g/mol. The van der Waals surface area contributed by atoms with Gasteiger partial charge >= 0.3 is 6.03 Å². The second-order valence-electron chi connectivity index (χ2n) is 8.91. The summed E-state index contributed by atoms with van der Waals surface area (Å²) < 4.78 is 5.33. The number of anilines is 1. The second kappa shape index (κ2) is 8.95. The van der Waals surface area contributed by atoms with Crippen LogP contribution >= 0.6 is 0 Å². The minimum absolute atomic E-state index is 0.0653. The number of nitrogens with one attached hydrogen (secondary N) is 2. The lowest BCUT2D eigenvalue weighted by Crippen LogP contribution is -2.48. The highest BCUT2D eigenvalue weighted by molar-refractivity contribution is 6.03. The van der Waals surface area contributed by atoms with E-state index in [2.05, 4.69) is 31.4 Å². The van der Waals surface area contributed by atoms with Crippen molar-refractivity contribution >= 4 is 17.6 Å². The number of ether oxygens (including phenoxy) is 1. The van der Waals surface area contributed by atoms with Gasteiger partial charge in [0.25, 0.3) is 5.91 Å². The largest absolute Gasteiger partial charge is 0.378 e. The molecule has 0 spiro atoms. The molecule has 6 heteroatoms. The minimum atomic E-state index is -0.233. The SMILES string of the molecule is CC(C)(C)C1CCCCC1NC(=O)Nc1ccccc1C(=O)N1CCOCC1. The zero-order chi connectivity index (χ0) is 20.1. The van der Waals surface area contributed by atoms with Gasteiger partial charge in [0.05, 0.1) is 24.5 Å². The summed E-state index contributed by atoms with van der Waals surface area (Å²) in [4.78, 5) is 27.4.